The number of nitrogens with zero attached hydrogens (tertiary/aromatic N) is 1. The van der Waals surface area contributed by atoms with Crippen molar-refractivity contribution in [1.29, 1.82) is 5.26 Å². The summed E-state index contributed by atoms with van der Waals surface area (Å²) in [6, 6.07) is 5.88. The van der Waals surface area contributed by atoms with Gasteiger partial charge in [-0.15, -0.1) is 0 Å². The van der Waals surface area contributed by atoms with E-state index in [2.05, 4.69) is 10.3 Å². The fraction of sp³-hybridized carbons (Fsp3) is 0.435. The molecule has 158 valence electrons. The number of carbonyl (C=O) groups excluding carboxylic acids is 1. The largest absolute Gasteiger partial charge is 0.494 e. The molecule has 0 bridgehead atoms. The molecule has 2 heterocycles. The Kier molecular flexibility index (Phi) is 6.46. The van der Waals surface area contributed by atoms with Gasteiger partial charge < -0.3 is 19.8 Å². The molecular formula is C23H27N3O4. The highest BCUT2D eigenvalue weighted by Crippen LogP contribution is 2.35. The van der Waals surface area contributed by atoms with Crippen LogP contribution in [0.3, 0.4) is 0 Å². The van der Waals surface area contributed by atoms with Crippen LogP contribution in [0.25, 0.3) is 0 Å². The molecule has 0 unspecified atom stereocenters. The van der Waals surface area contributed by atoms with Crippen LogP contribution < -0.4 is 20.3 Å². The van der Waals surface area contributed by atoms with Gasteiger partial charge in [0, 0.05) is 36.2 Å². The maximum Gasteiger partial charge on any atom is 0.266 e. The van der Waals surface area contributed by atoms with Crippen LogP contribution in [-0.2, 0) is 24.2 Å². The second kappa shape index (κ2) is 9.04. The van der Waals surface area contributed by atoms with Crippen LogP contribution >= 0.6 is 0 Å². The molecule has 1 aliphatic heterocycles. The highest BCUT2D eigenvalue weighted by atomic mass is 16.5. The molecule has 2 N–H and O–H groups in total. The summed E-state index contributed by atoms with van der Waals surface area (Å²) in [4.78, 5) is 27.0. The Balaban J connectivity index is 1.67. The van der Waals surface area contributed by atoms with E-state index in [0.717, 1.165) is 34.6 Å². The average molecular weight is 409 g/mol. The molecule has 0 saturated heterocycles. The van der Waals surface area contributed by atoms with Crippen LogP contribution in [0.15, 0.2) is 16.9 Å². The fourth-order valence-corrected chi connectivity index (χ4v) is 3.85. The van der Waals surface area contributed by atoms with Gasteiger partial charge in [0.05, 0.1) is 6.61 Å². The van der Waals surface area contributed by atoms with Gasteiger partial charge in [0.25, 0.3) is 5.56 Å². The lowest BCUT2D eigenvalue weighted by atomic mass is 9.99. The normalized spacial score (nSPS) is 14.6. The zero-order chi connectivity index (χ0) is 21.8. The first-order valence-electron chi connectivity index (χ1n) is 10.2. The molecule has 0 radical (unpaired) electrons. The number of hydrogen-bond donors (Lipinski definition) is 2. The summed E-state index contributed by atoms with van der Waals surface area (Å²) < 4.78 is 11.6. The Labute approximate surface area is 176 Å². The van der Waals surface area contributed by atoms with E-state index in [0.29, 0.717) is 30.8 Å². The highest BCUT2D eigenvalue weighted by Gasteiger charge is 2.22. The number of amides is 1. The molecule has 30 heavy (non-hydrogen) atoms. The predicted octanol–water partition coefficient (Wildman–Crippen LogP) is 2.83. The summed E-state index contributed by atoms with van der Waals surface area (Å²) >= 11 is 0. The first kappa shape index (κ1) is 21.4. The monoisotopic (exact) mass is 409 g/mol. The molecule has 1 aliphatic rings. The number of benzene rings is 1. The summed E-state index contributed by atoms with van der Waals surface area (Å²) in [6.07, 6.45) is 1.69. The van der Waals surface area contributed by atoms with Gasteiger partial charge in [-0.1, -0.05) is 0 Å². The molecule has 7 nitrogen and oxygen atoms in total. The van der Waals surface area contributed by atoms with Crippen molar-refractivity contribution in [2.75, 3.05) is 6.61 Å². The number of H-pyrrole nitrogens is 1. The predicted molar refractivity (Wildman–Crippen MR) is 113 cm³/mol. The Bertz CT molecular complexity index is 1070. The SMILES string of the molecule is CCOc1cc2c(cc1CNC(=O)CCc1c(C)[nH]c(=O)c(C#N)c1C)O[C@@H](C)C2. The van der Waals surface area contributed by atoms with Gasteiger partial charge in [0.2, 0.25) is 5.91 Å². The highest BCUT2D eigenvalue weighted by molar-refractivity contribution is 5.76. The minimum Gasteiger partial charge on any atom is -0.494 e. The van der Waals surface area contributed by atoms with Crippen LogP contribution in [0.2, 0.25) is 0 Å². The zero-order valence-corrected chi connectivity index (χ0v) is 17.8. The average Bonchev–Trinajstić information content (AvgIpc) is 3.05. The number of nitriles is 1. The van der Waals surface area contributed by atoms with Crippen molar-refractivity contribution in [3.05, 3.63) is 56.0 Å². The summed E-state index contributed by atoms with van der Waals surface area (Å²) in [7, 11) is 0. The summed E-state index contributed by atoms with van der Waals surface area (Å²) in [5, 5.41) is 12.1. The van der Waals surface area contributed by atoms with E-state index < -0.39 is 5.56 Å². The molecule has 7 heteroatoms. The van der Waals surface area contributed by atoms with Crippen LogP contribution in [0, 0.1) is 25.2 Å². The van der Waals surface area contributed by atoms with Crippen molar-refractivity contribution in [3.8, 4) is 17.6 Å². The summed E-state index contributed by atoms with van der Waals surface area (Å²) in [5.41, 5.74) is 3.86. The number of aryl methyl sites for hydroxylation is 1. The third-order valence-electron chi connectivity index (χ3n) is 5.38. The third-order valence-corrected chi connectivity index (χ3v) is 5.38. The summed E-state index contributed by atoms with van der Waals surface area (Å²) in [5.74, 6) is 1.50. The van der Waals surface area contributed by atoms with Crippen molar-refractivity contribution in [2.45, 2.75) is 59.6 Å². The third kappa shape index (κ3) is 4.48. The molecule has 0 fully saturated rings. The minimum absolute atomic E-state index is 0.102. The van der Waals surface area contributed by atoms with Gasteiger partial charge in [-0.2, -0.15) is 5.26 Å². The van der Waals surface area contributed by atoms with Crippen LogP contribution in [-0.4, -0.2) is 23.6 Å². The van der Waals surface area contributed by atoms with Gasteiger partial charge in [-0.05, 0) is 57.4 Å². The molecule has 1 amide bonds. The van der Waals surface area contributed by atoms with Crippen LogP contribution in [0.4, 0.5) is 0 Å². The van der Waals surface area contributed by atoms with Crippen molar-refractivity contribution < 1.29 is 14.3 Å². The Morgan fingerprint density at radius 2 is 2.17 bits per heavy atom. The number of nitrogens with one attached hydrogen (secondary N) is 2. The van der Waals surface area contributed by atoms with E-state index in [9.17, 15) is 14.9 Å². The lowest BCUT2D eigenvalue weighted by Crippen LogP contribution is -2.24. The molecular weight excluding hydrogens is 382 g/mol. The quantitative estimate of drug-likeness (QED) is 0.732. The lowest BCUT2D eigenvalue weighted by molar-refractivity contribution is -0.121. The van der Waals surface area contributed by atoms with E-state index in [1.54, 1.807) is 13.8 Å². The number of ether oxygens (including phenoxy) is 2. The maximum absolute atomic E-state index is 12.5. The van der Waals surface area contributed by atoms with Crippen molar-refractivity contribution >= 4 is 5.91 Å². The van der Waals surface area contributed by atoms with Gasteiger partial charge in [0.1, 0.15) is 29.2 Å². The number of hydrogen-bond acceptors (Lipinski definition) is 5. The number of rotatable bonds is 7. The van der Waals surface area contributed by atoms with Crippen LogP contribution in [0.5, 0.6) is 11.5 Å². The first-order valence-corrected chi connectivity index (χ1v) is 10.2. The van der Waals surface area contributed by atoms with E-state index in [4.69, 9.17) is 9.47 Å². The van der Waals surface area contributed by atoms with E-state index in [1.807, 2.05) is 32.0 Å². The molecule has 3 rings (SSSR count). The van der Waals surface area contributed by atoms with Gasteiger partial charge in [-0.3, -0.25) is 9.59 Å². The van der Waals surface area contributed by atoms with Crippen molar-refractivity contribution in [3.63, 3.8) is 0 Å². The molecule has 1 aromatic carbocycles. The van der Waals surface area contributed by atoms with Gasteiger partial charge in [0.15, 0.2) is 0 Å². The molecule has 0 saturated carbocycles. The van der Waals surface area contributed by atoms with Gasteiger partial charge >= 0.3 is 0 Å². The number of pyridine rings is 1. The second-order valence-electron chi connectivity index (χ2n) is 7.58. The van der Waals surface area contributed by atoms with Crippen molar-refractivity contribution in [2.24, 2.45) is 0 Å². The minimum atomic E-state index is -0.391. The molecule has 0 spiro atoms. The topological polar surface area (TPSA) is 104 Å². The Morgan fingerprint density at radius 3 is 2.87 bits per heavy atom. The number of aromatic nitrogens is 1. The van der Waals surface area contributed by atoms with E-state index in [1.165, 1.54) is 0 Å². The van der Waals surface area contributed by atoms with Gasteiger partial charge in [-0.25, -0.2) is 0 Å². The maximum atomic E-state index is 12.5. The fourth-order valence-electron chi connectivity index (χ4n) is 3.85. The molecule has 1 aromatic heterocycles. The number of carbonyl (C=O) groups is 1. The van der Waals surface area contributed by atoms with Crippen molar-refractivity contribution in [1.82, 2.24) is 10.3 Å². The van der Waals surface area contributed by atoms with E-state index >= 15 is 0 Å². The molecule has 2 aromatic rings. The zero-order valence-electron chi connectivity index (χ0n) is 17.8. The number of aromatic amines is 1. The molecule has 1 atom stereocenters. The standard InChI is InChI=1S/C23H27N3O4/c1-5-29-20-9-16-8-13(2)30-21(16)10-17(20)12-25-22(27)7-6-18-14(3)19(11-24)23(28)26-15(18)4/h9-10,13H,5-8,12H2,1-4H3,(H,25,27)(H,26,28)/t13-/m0/s1. The first-order chi connectivity index (χ1) is 14.3. The van der Waals surface area contributed by atoms with Crippen LogP contribution in [0.1, 0.15) is 53.8 Å². The van der Waals surface area contributed by atoms with E-state index in [-0.39, 0.29) is 24.0 Å². The summed E-state index contributed by atoms with van der Waals surface area (Å²) in [6.45, 7) is 8.37. The second-order valence-corrected chi connectivity index (χ2v) is 7.58. The molecule has 0 aliphatic carbocycles. The Morgan fingerprint density at radius 1 is 1.40 bits per heavy atom. The smallest absolute Gasteiger partial charge is 0.266 e. The Hall–Kier alpha value is -3.27. The lowest BCUT2D eigenvalue weighted by Gasteiger charge is -2.14. The number of fused-ring (bicyclic) bond motifs is 1.